The van der Waals surface area contributed by atoms with Crippen molar-refractivity contribution in [2.45, 2.75) is 0 Å². The molecule has 2 aromatic heterocycles. The number of para-hydroxylation sites is 3. The van der Waals surface area contributed by atoms with Gasteiger partial charge in [0.15, 0.2) is 0 Å². The Bertz CT molecular complexity index is 2290. The minimum absolute atomic E-state index is 0.639. The average Bonchev–Trinajstić information content (AvgIpc) is 3.58. The predicted octanol–water partition coefficient (Wildman–Crippen LogP) is 10.4. The van der Waals surface area contributed by atoms with Crippen LogP contribution in [0.15, 0.2) is 136 Å². The number of nitriles is 1. The highest BCUT2D eigenvalue weighted by atomic mass is 16.3. The van der Waals surface area contributed by atoms with E-state index in [2.05, 4.69) is 72.8 Å². The van der Waals surface area contributed by atoms with E-state index in [1.165, 1.54) is 0 Å². The van der Waals surface area contributed by atoms with Crippen molar-refractivity contribution in [2.24, 2.45) is 0 Å². The highest BCUT2D eigenvalue weighted by Crippen LogP contribution is 2.40. The van der Waals surface area contributed by atoms with E-state index < -0.39 is 0 Å². The van der Waals surface area contributed by atoms with Gasteiger partial charge in [-0.2, -0.15) is 5.26 Å². The second kappa shape index (κ2) is 8.73. The van der Waals surface area contributed by atoms with Crippen LogP contribution in [0.2, 0.25) is 0 Å². The lowest BCUT2D eigenvalue weighted by Gasteiger charge is -2.12. The van der Waals surface area contributed by atoms with Crippen LogP contribution in [0, 0.1) is 11.3 Å². The van der Waals surface area contributed by atoms with E-state index in [1.807, 2.05) is 60.7 Å². The number of furan rings is 2. The van der Waals surface area contributed by atoms with Gasteiger partial charge in [-0.25, -0.2) is 0 Å². The zero-order chi connectivity index (χ0) is 26.6. The molecule has 3 nitrogen and oxygen atoms in total. The summed E-state index contributed by atoms with van der Waals surface area (Å²) in [5.41, 5.74) is 10.1. The largest absolute Gasteiger partial charge is 0.456 e. The van der Waals surface area contributed by atoms with Crippen molar-refractivity contribution in [1.82, 2.24) is 0 Å². The van der Waals surface area contributed by atoms with E-state index >= 15 is 0 Å². The molecule has 0 fully saturated rings. The molecule has 8 aromatic rings. The number of hydrogen-bond donors (Lipinski definition) is 0. The highest BCUT2D eigenvalue weighted by molar-refractivity contribution is 6.10. The lowest BCUT2D eigenvalue weighted by atomic mass is 9.91. The first-order valence-corrected chi connectivity index (χ1v) is 13.2. The molecule has 0 aliphatic carbocycles. The number of rotatable bonds is 3. The Balaban J connectivity index is 1.39. The van der Waals surface area contributed by atoms with Gasteiger partial charge in [-0.3, -0.25) is 0 Å². The van der Waals surface area contributed by atoms with Crippen molar-refractivity contribution in [2.75, 3.05) is 0 Å². The summed E-state index contributed by atoms with van der Waals surface area (Å²) >= 11 is 0. The summed E-state index contributed by atoms with van der Waals surface area (Å²) in [7, 11) is 0. The molecule has 40 heavy (non-hydrogen) atoms. The summed E-state index contributed by atoms with van der Waals surface area (Å²) in [6.07, 6.45) is 0. The van der Waals surface area contributed by atoms with E-state index in [1.54, 1.807) is 0 Å². The summed E-state index contributed by atoms with van der Waals surface area (Å²) in [6, 6.07) is 45.5. The van der Waals surface area contributed by atoms with Gasteiger partial charge in [-0.05, 0) is 76.3 Å². The SMILES string of the molecule is N#Cc1ccccc1-c1cc(-c2ccc3c(c2)oc2ccccc23)cc(-c2cccc3c2oc2ccccc23)c1. The summed E-state index contributed by atoms with van der Waals surface area (Å²) in [5, 5.41) is 14.3. The fraction of sp³-hybridized carbons (Fsp3) is 0. The van der Waals surface area contributed by atoms with E-state index in [9.17, 15) is 5.26 Å². The normalized spacial score (nSPS) is 11.5. The lowest BCUT2D eigenvalue weighted by molar-refractivity contribution is 0.669. The van der Waals surface area contributed by atoms with Gasteiger partial charge >= 0.3 is 0 Å². The molecule has 6 aromatic carbocycles. The maximum Gasteiger partial charge on any atom is 0.143 e. The standard InChI is InChI=1S/C37H21NO2/c38-22-24-8-1-2-9-28(24)26-18-25(23-16-17-32-30-10-3-5-14-34(30)39-36(32)21-23)19-27(20-26)29-12-7-13-33-31-11-4-6-15-35(31)40-37(29)33/h1-21H. The van der Waals surface area contributed by atoms with Crippen LogP contribution in [0.4, 0.5) is 0 Å². The molecular weight excluding hydrogens is 490 g/mol. The molecule has 0 atom stereocenters. The van der Waals surface area contributed by atoms with Gasteiger partial charge < -0.3 is 8.83 Å². The van der Waals surface area contributed by atoms with Crippen LogP contribution < -0.4 is 0 Å². The van der Waals surface area contributed by atoms with E-state index in [0.29, 0.717) is 5.56 Å². The van der Waals surface area contributed by atoms with E-state index in [4.69, 9.17) is 8.83 Å². The number of nitrogens with zero attached hydrogens (tertiary/aromatic N) is 1. The van der Waals surface area contributed by atoms with Gasteiger partial charge in [0.1, 0.15) is 22.3 Å². The fourth-order valence-corrected chi connectivity index (χ4v) is 5.82. The van der Waals surface area contributed by atoms with Gasteiger partial charge in [0, 0.05) is 27.1 Å². The highest BCUT2D eigenvalue weighted by Gasteiger charge is 2.16. The Morgan fingerprint density at radius 1 is 0.425 bits per heavy atom. The first-order chi connectivity index (χ1) is 19.8. The molecule has 0 bridgehead atoms. The molecule has 0 radical (unpaired) electrons. The molecule has 2 heterocycles. The van der Waals surface area contributed by atoms with Gasteiger partial charge in [-0.15, -0.1) is 0 Å². The molecule has 0 aliphatic heterocycles. The number of benzene rings is 6. The van der Waals surface area contributed by atoms with Crippen molar-refractivity contribution >= 4 is 43.9 Å². The fourth-order valence-electron chi connectivity index (χ4n) is 5.82. The molecule has 0 spiro atoms. The third kappa shape index (κ3) is 3.44. The zero-order valence-corrected chi connectivity index (χ0v) is 21.4. The Morgan fingerprint density at radius 2 is 1.02 bits per heavy atom. The quantitative estimate of drug-likeness (QED) is 0.237. The molecule has 186 valence electrons. The van der Waals surface area contributed by atoms with Gasteiger partial charge in [-0.1, -0.05) is 78.9 Å². The molecule has 3 heteroatoms. The molecular formula is C37H21NO2. The van der Waals surface area contributed by atoms with Crippen LogP contribution in [0.25, 0.3) is 77.3 Å². The smallest absolute Gasteiger partial charge is 0.143 e. The predicted molar refractivity (Wildman–Crippen MR) is 162 cm³/mol. The molecule has 0 aliphatic rings. The maximum atomic E-state index is 9.88. The lowest BCUT2D eigenvalue weighted by Crippen LogP contribution is -1.89. The van der Waals surface area contributed by atoms with Gasteiger partial charge in [0.2, 0.25) is 0 Å². The average molecular weight is 512 g/mol. The maximum absolute atomic E-state index is 9.88. The second-order valence-corrected chi connectivity index (χ2v) is 10.0. The Kier molecular flexibility index (Phi) is 4.89. The van der Waals surface area contributed by atoms with Crippen LogP contribution >= 0.6 is 0 Å². The minimum Gasteiger partial charge on any atom is -0.456 e. The van der Waals surface area contributed by atoms with E-state index in [-0.39, 0.29) is 0 Å². The summed E-state index contributed by atoms with van der Waals surface area (Å²) in [6.45, 7) is 0. The molecule has 0 unspecified atom stereocenters. The van der Waals surface area contributed by atoms with Crippen LogP contribution in [0.1, 0.15) is 5.56 Å². The summed E-state index contributed by atoms with van der Waals surface area (Å²) in [4.78, 5) is 0. The molecule has 8 rings (SSSR count). The van der Waals surface area contributed by atoms with Crippen molar-refractivity contribution in [3.63, 3.8) is 0 Å². The second-order valence-electron chi connectivity index (χ2n) is 10.0. The van der Waals surface area contributed by atoms with Crippen molar-refractivity contribution < 1.29 is 8.83 Å². The number of hydrogen-bond acceptors (Lipinski definition) is 3. The third-order valence-electron chi connectivity index (χ3n) is 7.72. The first kappa shape index (κ1) is 22.4. The molecule has 0 N–H and O–H groups in total. The van der Waals surface area contributed by atoms with E-state index in [0.717, 1.165) is 77.3 Å². The molecule has 0 saturated carbocycles. The topological polar surface area (TPSA) is 50.1 Å². The number of fused-ring (bicyclic) bond motifs is 6. The van der Waals surface area contributed by atoms with Crippen LogP contribution in [-0.2, 0) is 0 Å². The van der Waals surface area contributed by atoms with Gasteiger partial charge in [0.05, 0.1) is 11.6 Å². The summed E-state index contributed by atoms with van der Waals surface area (Å²) in [5.74, 6) is 0. The monoisotopic (exact) mass is 511 g/mol. The molecule has 0 amide bonds. The zero-order valence-electron chi connectivity index (χ0n) is 21.4. The van der Waals surface area contributed by atoms with Crippen LogP contribution in [-0.4, -0.2) is 0 Å². The van der Waals surface area contributed by atoms with Crippen LogP contribution in [0.5, 0.6) is 0 Å². The first-order valence-electron chi connectivity index (χ1n) is 13.2. The van der Waals surface area contributed by atoms with Crippen molar-refractivity contribution in [3.05, 3.63) is 133 Å². The Morgan fingerprint density at radius 3 is 1.85 bits per heavy atom. The Labute approximate surface area is 230 Å². The summed E-state index contributed by atoms with van der Waals surface area (Å²) < 4.78 is 12.6. The van der Waals surface area contributed by atoms with Crippen LogP contribution in [0.3, 0.4) is 0 Å². The van der Waals surface area contributed by atoms with Crippen molar-refractivity contribution in [1.29, 1.82) is 5.26 Å². The minimum atomic E-state index is 0.639. The Hall–Kier alpha value is -5.59. The van der Waals surface area contributed by atoms with Crippen molar-refractivity contribution in [3.8, 4) is 39.4 Å². The van der Waals surface area contributed by atoms with Gasteiger partial charge in [0.25, 0.3) is 0 Å². The third-order valence-corrected chi connectivity index (χ3v) is 7.72. The molecule has 0 saturated heterocycles.